The van der Waals surface area contributed by atoms with E-state index in [1.54, 1.807) is 18.7 Å². The fourth-order valence-electron chi connectivity index (χ4n) is 3.39. The first-order valence-corrected chi connectivity index (χ1v) is 9.30. The second kappa shape index (κ2) is 7.73. The first-order valence-electron chi connectivity index (χ1n) is 9.30. The number of aliphatic hydroxyl groups is 1. The second-order valence-corrected chi connectivity index (χ2v) is 7.42. The molecule has 0 amide bonds. The zero-order valence-corrected chi connectivity index (χ0v) is 16.9. The van der Waals surface area contributed by atoms with Crippen LogP contribution in [0.15, 0.2) is 33.9 Å². The molecule has 1 aromatic carbocycles. The van der Waals surface area contributed by atoms with Crippen molar-refractivity contribution in [3.63, 3.8) is 0 Å². The van der Waals surface area contributed by atoms with Crippen molar-refractivity contribution in [2.45, 2.75) is 32.4 Å². The van der Waals surface area contributed by atoms with Crippen LogP contribution in [-0.4, -0.2) is 36.4 Å². The predicted octanol–water partition coefficient (Wildman–Crippen LogP) is 0.533. The highest BCUT2D eigenvalue weighted by atomic mass is 16.3. The van der Waals surface area contributed by atoms with Crippen LogP contribution in [0.2, 0.25) is 0 Å². The van der Waals surface area contributed by atoms with E-state index in [4.69, 9.17) is 0 Å². The van der Waals surface area contributed by atoms with Crippen molar-refractivity contribution in [1.29, 1.82) is 0 Å². The Bertz CT molecular complexity index is 1110. The molecule has 0 saturated heterocycles. The Balaban J connectivity index is 1.77. The van der Waals surface area contributed by atoms with Gasteiger partial charge in [-0.05, 0) is 25.8 Å². The van der Waals surface area contributed by atoms with E-state index in [0.29, 0.717) is 17.9 Å². The molecule has 0 aliphatic heterocycles. The summed E-state index contributed by atoms with van der Waals surface area (Å²) in [6.45, 7) is 4.40. The Hall–Kier alpha value is -2.71. The van der Waals surface area contributed by atoms with Gasteiger partial charge in [0.25, 0.3) is 5.56 Å². The van der Waals surface area contributed by atoms with E-state index < -0.39 is 17.4 Å². The number of aliphatic hydroxyl groups excluding tert-OH is 1. The van der Waals surface area contributed by atoms with Gasteiger partial charge >= 0.3 is 5.69 Å². The number of nitrogens with one attached hydrogen (secondary N) is 1. The molecular formula is C20H27N5O3. The van der Waals surface area contributed by atoms with Crippen molar-refractivity contribution in [2.75, 3.05) is 6.54 Å². The highest BCUT2D eigenvalue weighted by Gasteiger charge is 2.21. The number of aromatic nitrogens is 4. The molecule has 2 N–H and O–H groups in total. The van der Waals surface area contributed by atoms with Crippen LogP contribution in [0.1, 0.15) is 30.0 Å². The molecule has 8 nitrogen and oxygen atoms in total. The van der Waals surface area contributed by atoms with Crippen LogP contribution in [0.3, 0.4) is 0 Å². The summed E-state index contributed by atoms with van der Waals surface area (Å²) in [7, 11) is 4.67. The summed E-state index contributed by atoms with van der Waals surface area (Å²) in [5.74, 6) is 0.350. The lowest BCUT2D eigenvalue weighted by Crippen LogP contribution is -2.37. The molecular weight excluding hydrogens is 358 g/mol. The number of rotatable bonds is 6. The molecule has 0 spiro atoms. The average molecular weight is 385 g/mol. The summed E-state index contributed by atoms with van der Waals surface area (Å²) in [4.78, 5) is 28.9. The van der Waals surface area contributed by atoms with Gasteiger partial charge in [0.15, 0.2) is 11.2 Å². The van der Waals surface area contributed by atoms with Gasteiger partial charge in [-0.1, -0.05) is 29.8 Å². The number of fused-ring (bicyclic) bond motifs is 1. The fraction of sp³-hybridized carbons (Fsp3) is 0.450. The number of benzene rings is 1. The summed E-state index contributed by atoms with van der Waals surface area (Å²) in [6.07, 6.45) is -0.0670. The van der Waals surface area contributed by atoms with Crippen molar-refractivity contribution in [2.24, 2.45) is 21.1 Å². The summed E-state index contributed by atoms with van der Waals surface area (Å²) < 4.78 is 3.93. The van der Waals surface area contributed by atoms with Crippen molar-refractivity contribution in [3.8, 4) is 0 Å². The summed E-state index contributed by atoms with van der Waals surface area (Å²) in [5.41, 5.74) is 2.15. The molecule has 150 valence electrons. The molecule has 0 saturated carbocycles. The summed E-state index contributed by atoms with van der Waals surface area (Å²) >= 11 is 0. The third kappa shape index (κ3) is 3.65. The number of hydrogen-bond donors (Lipinski definition) is 2. The minimum atomic E-state index is -0.905. The molecule has 8 heteroatoms. The van der Waals surface area contributed by atoms with Gasteiger partial charge in [0.05, 0.1) is 0 Å². The Morgan fingerprint density at radius 1 is 1.07 bits per heavy atom. The molecule has 2 aromatic heterocycles. The van der Waals surface area contributed by atoms with Gasteiger partial charge in [-0.25, -0.2) is 9.78 Å². The van der Waals surface area contributed by atoms with Crippen molar-refractivity contribution in [3.05, 3.63) is 62.1 Å². The third-order valence-corrected chi connectivity index (χ3v) is 5.13. The topological polar surface area (TPSA) is 94.1 Å². The first kappa shape index (κ1) is 20.0. The van der Waals surface area contributed by atoms with Crippen LogP contribution in [-0.2, 0) is 27.6 Å². The van der Waals surface area contributed by atoms with Gasteiger partial charge in [0.1, 0.15) is 11.9 Å². The van der Waals surface area contributed by atoms with Crippen LogP contribution >= 0.6 is 0 Å². The molecule has 3 aromatic rings. The molecule has 3 rings (SSSR count). The van der Waals surface area contributed by atoms with Gasteiger partial charge in [0, 0.05) is 33.7 Å². The Morgan fingerprint density at radius 3 is 2.36 bits per heavy atom. The van der Waals surface area contributed by atoms with Crippen LogP contribution in [0, 0.1) is 6.92 Å². The lowest BCUT2D eigenvalue weighted by molar-refractivity contribution is 0.158. The van der Waals surface area contributed by atoms with Crippen molar-refractivity contribution >= 4 is 11.2 Å². The monoisotopic (exact) mass is 385 g/mol. The van der Waals surface area contributed by atoms with E-state index in [-0.39, 0.29) is 11.7 Å². The van der Waals surface area contributed by atoms with E-state index >= 15 is 0 Å². The van der Waals surface area contributed by atoms with Gasteiger partial charge in [-0.3, -0.25) is 13.9 Å². The van der Waals surface area contributed by atoms with Crippen LogP contribution in [0.5, 0.6) is 0 Å². The maximum atomic E-state index is 12.4. The SMILES string of the molecule is Cc1ccc(CC(C)NCC(O)c2nc3c(c(=O)n(C)c(=O)n3C)n2C)cc1. The highest BCUT2D eigenvalue weighted by molar-refractivity contribution is 5.71. The van der Waals surface area contributed by atoms with E-state index in [9.17, 15) is 14.7 Å². The highest BCUT2D eigenvalue weighted by Crippen LogP contribution is 2.16. The van der Waals surface area contributed by atoms with E-state index in [1.165, 1.54) is 22.7 Å². The standard InChI is InChI=1S/C20H27N5O3/c1-12-6-8-14(9-7-12)10-13(2)21-11-15(26)17-22-18-16(23(17)3)19(27)25(5)20(28)24(18)4/h6-9,13,15,21,26H,10-11H2,1-5H3. The van der Waals surface area contributed by atoms with Crippen LogP contribution < -0.4 is 16.6 Å². The maximum Gasteiger partial charge on any atom is 0.332 e. The minimum Gasteiger partial charge on any atom is -0.384 e. The number of hydrogen-bond acceptors (Lipinski definition) is 5. The molecule has 28 heavy (non-hydrogen) atoms. The molecule has 0 bridgehead atoms. The zero-order chi connectivity index (χ0) is 20.6. The van der Waals surface area contributed by atoms with E-state index in [1.807, 2.05) is 0 Å². The van der Waals surface area contributed by atoms with Crippen molar-refractivity contribution < 1.29 is 5.11 Å². The molecule has 0 aliphatic carbocycles. The Kier molecular flexibility index (Phi) is 5.53. The molecule has 2 unspecified atom stereocenters. The number of aryl methyl sites for hydroxylation is 3. The Labute approximate surface area is 163 Å². The predicted molar refractivity (Wildman–Crippen MR) is 109 cm³/mol. The third-order valence-electron chi connectivity index (χ3n) is 5.13. The minimum absolute atomic E-state index is 0.157. The summed E-state index contributed by atoms with van der Waals surface area (Å²) in [5, 5.41) is 13.9. The molecule has 2 heterocycles. The quantitative estimate of drug-likeness (QED) is 0.646. The van der Waals surface area contributed by atoms with Gasteiger partial charge < -0.3 is 15.0 Å². The van der Waals surface area contributed by atoms with Crippen LogP contribution in [0.4, 0.5) is 0 Å². The molecule has 0 fully saturated rings. The van der Waals surface area contributed by atoms with Gasteiger partial charge in [0.2, 0.25) is 0 Å². The molecule has 0 radical (unpaired) electrons. The fourth-order valence-corrected chi connectivity index (χ4v) is 3.39. The second-order valence-electron chi connectivity index (χ2n) is 7.42. The Morgan fingerprint density at radius 2 is 1.71 bits per heavy atom. The molecule has 2 atom stereocenters. The van der Waals surface area contributed by atoms with E-state index in [2.05, 4.69) is 48.4 Å². The van der Waals surface area contributed by atoms with Crippen molar-refractivity contribution in [1.82, 2.24) is 24.0 Å². The zero-order valence-electron chi connectivity index (χ0n) is 16.9. The largest absolute Gasteiger partial charge is 0.384 e. The lowest BCUT2D eigenvalue weighted by atomic mass is 10.1. The number of imidazole rings is 1. The van der Waals surface area contributed by atoms with Gasteiger partial charge in [-0.15, -0.1) is 0 Å². The maximum absolute atomic E-state index is 12.4. The van der Waals surface area contributed by atoms with Gasteiger partial charge in [-0.2, -0.15) is 0 Å². The molecule has 0 aliphatic rings. The van der Waals surface area contributed by atoms with E-state index in [0.717, 1.165) is 11.0 Å². The van der Waals surface area contributed by atoms with Crippen LogP contribution in [0.25, 0.3) is 11.2 Å². The first-order chi connectivity index (χ1) is 13.2. The average Bonchev–Trinajstić information content (AvgIpc) is 3.02. The smallest absolute Gasteiger partial charge is 0.332 e. The number of nitrogens with zero attached hydrogens (tertiary/aromatic N) is 4. The summed E-state index contributed by atoms with van der Waals surface area (Å²) in [6, 6.07) is 8.53. The lowest BCUT2D eigenvalue weighted by Gasteiger charge is -2.17. The normalized spacial score (nSPS) is 13.8.